The lowest BCUT2D eigenvalue weighted by Crippen LogP contribution is -2.22. The summed E-state index contributed by atoms with van der Waals surface area (Å²) < 4.78 is 5.66. The molecule has 3 rings (SSSR count). The van der Waals surface area contributed by atoms with E-state index in [1.807, 2.05) is 13.0 Å². The number of nitrogens with zero attached hydrogens (tertiary/aromatic N) is 3. The predicted molar refractivity (Wildman–Crippen MR) is 81.8 cm³/mol. The summed E-state index contributed by atoms with van der Waals surface area (Å²) in [4.78, 5) is 24.4. The average molecular weight is 298 g/mol. The molecule has 0 unspecified atom stereocenters. The van der Waals surface area contributed by atoms with Crippen LogP contribution < -0.4 is 10.1 Å². The molecular formula is C16H18N4O2. The van der Waals surface area contributed by atoms with Gasteiger partial charge in [0.2, 0.25) is 5.95 Å². The minimum atomic E-state index is -0.271. The molecule has 0 bridgehead atoms. The Morgan fingerprint density at radius 1 is 1.23 bits per heavy atom. The third-order valence-electron chi connectivity index (χ3n) is 3.60. The Morgan fingerprint density at radius 3 is 2.91 bits per heavy atom. The molecular weight excluding hydrogens is 280 g/mol. The van der Waals surface area contributed by atoms with E-state index in [2.05, 4.69) is 20.3 Å². The highest BCUT2D eigenvalue weighted by Gasteiger charge is 2.16. The number of hydrogen-bond acceptors (Lipinski definition) is 5. The van der Waals surface area contributed by atoms with Gasteiger partial charge in [0.1, 0.15) is 5.75 Å². The lowest BCUT2D eigenvalue weighted by atomic mass is 9.95. The highest BCUT2D eigenvalue weighted by molar-refractivity contribution is 5.90. The Balaban J connectivity index is 1.62. The lowest BCUT2D eigenvalue weighted by Gasteiger charge is -2.18. The number of amides is 1. The molecule has 2 aromatic heterocycles. The molecule has 114 valence electrons. The molecule has 22 heavy (non-hydrogen) atoms. The Morgan fingerprint density at radius 2 is 2.05 bits per heavy atom. The van der Waals surface area contributed by atoms with Gasteiger partial charge in [0.15, 0.2) is 6.61 Å². The van der Waals surface area contributed by atoms with Crippen molar-refractivity contribution in [2.75, 3.05) is 11.9 Å². The molecule has 0 atom stereocenters. The molecule has 6 nitrogen and oxygen atoms in total. The number of hydrogen-bond donors (Lipinski definition) is 1. The number of ether oxygens (including phenoxy) is 1. The topological polar surface area (TPSA) is 77.0 Å². The summed E-state index contributed by atoms with van der Waals surface area (Å²) >= 11 is 0. The molecule has 0 radical (unpaired) electrons. The van der Waals surface area contributed by atoms with Crippen molar-refractivity contribution in [2.24, 2.45) is 0 Å². The van der Waals surface area contributed by atoms with Crippen LogP contribution in [0.2, 0.25) is 0 Å². The fourth-order valence-corrected chi connectivity index (χ4v) is 2.54. The van der Waals surface area contributed by atoms with Crippen molar-refractivity contribution in [3.8, 4) is 5.75 Å². The second-order valence-electron chi connectivity index (χ2n) is 5.30. The van der Waals surface area contributed by atoms with Gasteiger partial charge in [-0.1, -0.05) is 0 Å². The van der Waals surface area contributed by atoms with Crippen LogP contribution >= 0.6 is 0 Å². The standard InChI is InChI=1S/C16H18N4O2/c1-11-6-8-18-16(19-11)20-15(21)10-22-14-7-9-17-13-5-3-2-4-12(13)14/h6-9H,2-5,10H2,1H3,(H,18,19,20,21). The molecule has 2 aromatic rings. The zero-order valence-electron chi connectivity index (χ0n) is 12.5. The van der Waals surface area contributed by atoms with Crippen molar-refractivity contribution in [3.05, 3.63) is 41.5 Å². The average Bonchev–Trinajstić information content (AvgIpc) is 2.53. The molecule has 0 aromatic carbocycles. The molecule has 1 amide bonds. The van der Waals surface area contributed by atoms with Crippen molar-refractivity contribution in [3.63, 3.8) is 0 Å². The van der Waals surface area contributed by atoms with Gasteiger partial charge in [0.25, 0.3) is 5.91 Å². The van der Waals surface area contributed by atoms with E-state index in [0.29, 0.717) is 5.95 Å². The number of rotatable bonds is 4. The van der Waals surface area contributed by atoms with Gasteiger partial charge < -0.3 is 4.74 Å². The van der Waals surface area contributed by atoms with E-state index in [-0.39, 0.29) is 12.5 Å². The van der Waals surface area contributed by atoms with Crippen molar-refractivity contribution < 1.29 is 9.53 Å². The number of nitrogens with one attached hydrogen (secondary N) is 1. The number of carbonyl (C=O) groups is 1. The maximum Gasteiger partial charge on any atom is 0.264 e. The van der Waals surface area contributed by atoms with Crippen LogP contribution in [0.5, 0.6) is 5.75 Å². The summed E-state index contributed by atoms with van der Waals surface area (Å²) in [5.74, 6) is 0.780. The maximum absolute atomic E-state index is 11.9. The minimum Gasteiger partial charge on any atom is -0.483 e. The molecule has 1 aliphatic carbocycles. The monoisotopic (exact) mass is 298 g/mol. The number of aryl methyl sites for hydroxylation is 2. The SMILES string of the molecule is Cc1ccnc(NC(=O)COc2ccnc3c2CCCC3)n1. The quantitative estimate of drug-likeness (QED) is 0.935. The van der Waals surface area contributed by atoms with Crippen LogP contribution in [-0.4, -0.2) is 27.5 Å². The van der Waals surface area contributed by atoms with Crippen LogP contribution in [0.4, 0.5) is 5.95 Å². The summed E-state index contributed by atoms with van der Waals surface area (Å²) in [5, 5.41) is 2.63. The second-order valence-corrected chi connectivity index (χ2v) is 5.30. The van der Waals surface area contributed by atoms with E-state index in [0.717, 1.165) is 48.4 Å². The van der Waals surface area contributed by atoms with Gasteiger partial charge >= 0.3 is 0 Å². The van der Waals surface area contributed by atoms with Crippen molar-refractivity contribution in [1.29, 1.82) is 0 Å². The fraction of sp³-hybridized carbons (Fsp3) is 0.375. The van der Waals surface area contributed by atoms with Gasteiger partial charge in [0, 0.05) is 29.3 Å². The van der Waals surface area contributed by atoms with Crippen LogP contribution in [0, 0.1) is 6.92 Å². The zero-order chi connectivity index (χ0) is 15.4. The van der Waals surface area contributed by atoms with E-state index in [1.54, 1.807) is 18.5 Å². The van der Waals surface area contributed by atoms with E-state index in [9.17, 15) is 4.79 Å². The summed E-state index contributed by atoms with van der Waals surface area (Å²) in [6, 6.07) is 3.59. The number of pyridine rings is 1. The summed E-state index contributed by atoms with van der Waals surface area (Å²) in [7, 11) is 0. The van der Waals surface area contributed by atoms with Crippen LogP contribution in [-0.2, 0) is 17.6 Å². The first-order valence-corrected chi connectivity index (χ1v) is 7.41. The van der Waals surface area contributed by atoms with Gasteiger partial charge in [-0.05, 0) is 44.7 Å². The Labute approximate surface area is 129 Å². The predicted octanol–water partition coefficient (Wildman–Crippen LogP) is 2.08. The van der Waals surface area contributed by atoms with Gasteiger partial charge in [-0.2, -0.15) is 0 Å². The van der Waals surface area contributed by atoms with E-state index >= 15 is 0 Å². The second kappa shape index (κ2) is 6.51. The molecule has 0 saturated carbocycles. The summed E-state index contributed by atoms with van der Waals surface area (Å²) in [5.41, 5.74) is 3.02. The van der Waals surface area contributed by atoms with Crippen LogP contribution in [0.15, 0.2) is 24.5 Å². The van der Waals surface area contributed by atoms with Gasteiger partial charge in [0.05, 0.1) is 0 Å². The number of anilines is 1. The third kappa shape index (κ3) is 3.39. The largest absolute Gasteiger partial charge is 0.483 e. The van der Waals surface area contributed by atoms with Crippen molar-refractivity contribution >= 4 is 11.9 Å². The van der Waals surface area contributed by atoms with Gasteiger partial charge in [-0.15, -0.1) is 0 Å². The first-order chi connectivity index (χ1) is 10.7. The lowest BCUT2D eigenvalue weighted by molar-refractivity contribution is -0.118. The van der Waals surface area contributed by atoms with Crippen molar-refractivity contribution in [2.45, 2.75) is 32.6 Å². The molecule has 1 N–H and O–H groups in total. The smallest absolute Gasteiger partial charge is 0.264 e. The first-order valence-electron chi connectivity index (χ1n) is 7.41. The highest BCUT2D eigenvalue weighted by Crippen LogP contribution is 2.27. The zero-order valence-corrected chi connectivity index (χ0v) is 12.5. The van der Waals surface area contributed by atoms with Crippen molar-refractivity contribution in [1.82, 2.24) is 15.0 Å². The molecule has 0 spiro atoms. The first kappa shape index (κ1) is 14.4. The highest BCUT2D eigenvalue weighted by atomic mass is 16.5. The number of carbonyl (C=O) groups excluding carboxylic acids is 1. The number of fused-ring (bicyclic) bond motifs is 1. The van der Waals surface area contributed by atoms with Crippen LogP contribution in [0.1, 0.15) is 29.8 Å². The Bertz CT molecular complexity index is 688. The third-order valence-corrected chi connectivity index (χ3v) is 3.60. The van der Waals surface area contributed by atoms with E-state index < -0.39 is 0 Å². The Hall–Kier alpha value is -2.50. The normalized spacial score (nSPS) is 13.3. The molecule has 1 aliphatic rings. The minimum absolute atomic E-state index is 0.0618. The van der Waals surface area contributed by atoms with E-state index in [4.69, 9.17) is 4.74 Å². The maximum atomic E-state index is 11.9. The molecule has 0 fully saturated rings. The summed E-state index contributed by atoms with van der Waals surface area (Å²) in [6.45, 7) is 1.78. The molecule has 2 heterocycles. The molecule has 0 aliphatic heterocycles. The van der Waals surface area contributed by atoms with Gasteiger partial charge in [-0.25, -0.2) is 9.97 Å². The Kier molecular flexibility index (Phi) is 4.27. The van der Waals surface area contributed by atoms with E-state index in [1.165, 1.54) is 0 Å². The van der Waals surface area contributed by atoms with Crippen LogP contribution in [0.3, 0.4) is 0 Å². The number of aromatic nitrogens is 3. The molecule has 6 heteroatoms. The summed E-state index contributed by atoms with van der Waals surface area (Å²) in [6.07, 6.45) is 7.59. The fourth-order valence-electron chi connectivity index (χ4n) is 2.54. The molecule has 0 saturated heterocycles. The van der Waals surface area contributed by atoms with Crippen LogP contribution in [0.25, 0.3) is 0 Å². The van der Waals surface area contributed by atoms with Gasteiger partial charge in [-0.3, -0.25) is 15.1 Å².